The topological polar surface area (TPSA) is 61.0 Å². The second-order valence-corrected chi connectivity index (χ2v) is 4.47. The van der Waals surface area contributed by atoms with Gasteiger partial charge in [-0.05, 0) is 41.8 Å². The Morgan fingerprint density at radius 1 is 1.33 bits per heavy atom. The summed E-state index contributed by atoms with van der Waals surface area (Å²) >= 11 is 0. The van der Waals surface area contributed by atoms with Gasteiger partial charge >= 0.3 is 5.82 Å². The van der Waals surface area contributed by atoms with Crippen LogP contribution in [0.1, 0.15) is 22.4 Å². The maximum atomic E-state index is 10.7. The van der Waals surface area contributed by atoms with Gasteiger partial charge < -0.3 is 14.7 Å². The molecule has 2 rings (SSSR count). The van der Waals surface area contributed by atoms with Gasteiger partial charge in [0.2, 0.25) is 6.33 Å². The molecule has 18 heavy (non-hydrogen) atoms. The highest BCUT2D eigenvalue weighted by atomic mass is 16.6. The second-order valence-electron chi connectivity index (χ2n) is 4.47. The lowest BCUT2D eigenvalue weighted by atomic mass is 10.1. The van der Waals surface area contributed by atoms with Crippen molar-refractivity contribution in [3.05, 3.63) is 57.0 Å². The molecule has 1 aromatic carbocycles. The van der Waals surface area contributed by atoms with Gasteiger partial charge in [-0.2, -0.15) is 0 Å². The average molecular weight is 245 g/mol. The predicted octanol–water partition coefficient (Wildman–Crippen LogP) is 2.76. The summed E-state index contributed by atoms with van der Waals surface area (Å²) in [5.74, 6) is -0.0697. The minimum Gasteiger partial charge on any atom is -0.358 e. The summed E-state index contributed by atoms with van der Waals surface area (Å²) < 4.78 is 1.80. The number of aryl methyl sites for hydroxylation is 2. The number of rotatable bonds is 3. The third-order valence-electron chi connectivity index (χ3n) is 3.09. The Hall–Kier alpha value is -2.17. The minimum atomic E-state index is -0.451. The second kappa shape index (κ2) is 4.60. The molecule has 2 aromatic rings. The highest BCUT2D eigenvalue weighted by Crippen LogP contribution is 2.18. The standard InChI is InChI=1S/C13H15N3O2/c1-9-4-5-12(10(2)6-9)7-15-8-14-13(11(15)3)16(17)18/h4-6,8H,7H2,1-3H3. The molecule has 0 spiro atoms. The first-order chi connectivity index (χ1) is 8.49. The van der Waals surface area contributed by atoms with Crippen molar-refractivity contribution in [2.24, 2.45) is 0 Å². The third-order valence-corrected chi connectivity index (χ3v) is 3.09. The molecule has 5 nitrogen and oxygen atoms in total. The average Bonchev–Trinajstić information content (AvgIpc) is 2.64. The molecule has 0 aliphatic carbocycles. The van der Waals surface area contributed by atoms with Crippen LogP contribution in [0.3, 0.4) is 0 Å². The Kier molecular flexibility index (Phi) is 3.14. The molecule has 5 heteroatoms. The first kappa shape index (κ1) is 12.3. The van der Waals surface area contributed by atoms with Gasteiger partial charge in [0.05, 0.1) is 6.54 Å². The molecule has 0 aliphatic rings. The van der Waals surface area contributed by atoms with Crippen LogP contribution in [0.25, 0.3) is 0 Å². The fourth-order valence-electron chi connectivity index (χ4n) is 1.98. The molecule has 0 radical (unpaired) electrons. The van der Waals surface area contributed by atoms with E-state index < -0.39 is 4.92 Å². The predicted molar refractivity (Wildman–Crippen MR) is 68.6 cm³/mol. The van der Waals surface area contributed by atoms with Crippen LogP contribution in [0.15, 0.2) is 24.5 Å². The lowest BCUT2D eigenvalue weighted by Gasteiger charge is -2.08. The number of aromatic nitrogens is 2. The fraction of sp³-hybridized carbons (Fsp3) is 0.308. The van der Waals surface area contributed by atoms with Crippen LogP contribution in [0.4, 0.5) is 5.82 Å². The number of imidazole rings is 1. The van der Waals surface area contributed by atoms with Crippen LogP contribution in [0.5, 0.6) is 0 Å². The van der Waals surface area contributed by atoms with Gasteiger partial charge in [-0.25, -0.2) is 0 Å². The van der Waals surface area contributed by atoms with Gasteiger partial charge in [0.25, 0.3) is 0 Å². The summed E-state index contributed by atoms with van der Waals surface area (Å²) in [5, 5.41) is 10.7. The molecule has 0 saturated carbocycles. The first-order valence-electron chi connectivity index (χ1n) is 5.71. The van der Waals surface area contributed by atoms with Crippen LogP contribution >= 0.6 is 0 Å². The van der Waals surface area contributed by atoms with E-state index in [2.05, 4.69) is 17.1 Å². The van der Waals surface area contributed by atoms with Crippen LogP contribution in [0, 0.1) is 30.9 Å². The van der Waals surface area contributed by atoms with Crippen molar-refractivity contribution >= 4 is 5.82 Å². The highest BCUT2D eigenvalue weighted by molar-refractivity contribution is 5.32. The van der Waals surface area contributed by atoms with Crippen LogP contribution in [0.2, 0.25) is 0 Å². The maximum absolute atomic E-state index is 10.7. The molecular weight excluding hydrogens is 230 g/mol. The molecule has 0 bridgehead atoms. The van der Waals surface area contributed by atoms with Crippen molar-refractivity contribution < 1.29 is 4.92 Å². The number of nitrogens with zero attached hydrogens (tertiary/aromatic N) is 3. The quantitative estimate of drug-likeness (QED) is 0.617. The number of hydrogen-bond acceptors (Lipinski definition) is 3. The van der Waals surface area contributed by atoms with E-state index in [1.165, 1.54) is 17.5 Å². The summed E-state index contributed by atoms with van der Waals surface area (Å²) in [6.45, 7) is 6.42. The fourth-order valence-corrected chi connectivity index (χ4v) is 1.98. The third kappa shape index (κ3) is 2.25. The molecule has 0 atom stereocenters. The van der Waals surface area contributed by atoms with Crippen molar-refractivity contribution in [2.45, 2.75) is 27.3 Å². The zero-order chi connectivity index (χ0) is 13.3. The molecule has 1 heterocycles. The van der Waals surface area contributed by atoms with Crippen LogP contribution in [-0.2, 0) is 6.54 Å². The summed E-state index contributed by atoms with van der Waals surface area (Å²) in [7, 11) is 0. The van der Waals surface area contributed by atoms with E-state index in [-0.39, 0.29) is 5.82 Å². The largest absolute Gasteiger partial charge is 0.384 e. The van der Waals surface area contributed by atoms with Gasteiger partial charge in [0, 0.05) is 0 Å². The Morgan fingerprint density at radius 2 is 2.06 bits per heavy atom. The van der Waals surface area contributed by atoms with Crippen molar-refractivity contribution in [3.8, 4) is 0 Å². The van der Waals surface area contributed by atoms with Gasteiger partial charge in [-0.1, -0.05) is 23.8 Å². The molecular formula is C13H15N3O2. The normalized spacial score (nSPS) is 10.6. The highest BCUT2D eigenvalue weighted by Gasteiger charge is 2.17. The summed E-state index contributed by atoms with van der Waals surface area (Å²) in [6, 6.07) is 6.20. The number of nitro groups is 1. The van der Waals surface area contributed by atoms with Gasteiger partial charge in [0.15, 0.2) is 0 Å². The Bertz CT molecular complexity index is 602. The van der Waals surface area contributed by atoms with E-state index in [1.54, 1.807) is 11.5 Å². The lowest BCUT2D eigenvalue weighted by molar-refractivity contribution is -0.389. The molecule has 0 unspecified atom stereocenters. The van der Waals surface area contributed by atoms with E-state index in [0.717, 1.165) is 5.56 Å². The molecule has 0 aliphatic heterocycles. The van der Waals surface area contributed by atoms with E-state index in [4.69, 9.17) is 0 Å². The monoisotopic (exact) mass is 245 g/mol. The Balaban J connectivity index is 2.32. The van der Waals surface area contributed by atoms with Crippen molar-refractivity contribution in [1.82, 2.24) is 9.55 Å². The number of benzene rings is 1. The Labute approximate surface area is 105 Å². The van der Waals surface area contributed by atoms with Crippen LogP contribution < -0.4 is 0 Å². The lowest BCUT2D eigenvalue weighted by Crippen LogP contribution is -2.03. The van der Waals surface area contributed by atoms with E-state index in [9.17, 15) is 10.1 Å². The summed E-state index contributed by atoms with van der Waals surface area (Å²) in [4.78, 5) is 14.1. The minimum absolute atomic E-state index is 0.0697. The molecule has 1 aromatic heterocycles. The van der Waals surface area contributed by atoms with Crippen molar-refractivity contribution in [2.75, 3.05) is 0 Å². The Morgan fingerprint density at radius 3 is 2.61 bits per heavy atom. The molecule has 0 fully saturated rings. The van der Waals surface area contributed by atoms with Gasteiger partial charge in [-0.3, -0.25) is 0 Å². The smallest absolute Gasteiger partial charge is 0.358 e. The summed E-state index contributed by atoms with van der Waals surface area (Å²) in [5.41, 5.74) is 4.13. The van der Waals surface area contributed by atoms with Crippen molar-refractivity contribution in [3.63, 3.8) is 0 Å². The number of hydrogen-bond donors (Lipinski definition) is 0. The van der Waals surface area contributed by atoms with E-state index in [1.807, 2.05) is 19.9 Å². The zero-order valence-electron chi connectivity index (χ0n) is 10.7. The van der Waals surface area contributed by atoms with Crippen molar-refractivity contribution in [1.29, 1.82) is 0 Å². The first-order valence-corrected chi connectivity index (χ1v) is 5.71. The zero-order valence-corrected chi connectivity index (χ0v) is 10.7. The SMILES string of the molecule is Cc1ccc(Cn2cnc([N+](=O)[O-])c2C)c(C)c1. The maximum Gasteiger partial charge on any atom is 0.384 e. The molecule has 0 amide bonds. The molecule has 0 N–H and O–H groups in total. The van der Waals surface area contributed by atoms with Gasteiger partial charge in [-0.15, -0.1) is 0 Å². The van der Waals surface area contributed by atoms with Gasteiger partial charge in [0.1, 0.15) is 5.69 Å². The van der Waals surface area contributed by atoms with Crippen LogP contribution in [-0.4, -0.2) is 14.5 Å². The van der Waals surface area contributed by atoms with E-state index in [0.29, 0.717) is 12.2 Å². The molecule has 94 valence electrons. The summed E-state index contributed by atoms with van der Waals surface area (Å²) in [6.07, 6.45) is 1.52. The molecule has 0 saturated heterocycles. The van der Waals surface area contributed by atoms with E-state index >= 15 is 0 Å².